The lowest BCUT2D eigenvalue weighted by Crippen LogP contribution is -3.14. The summed E-state index contributed by atoms with van der Waals surface area (Å²) in [6.45, 7) is 5.30. The van der Waals surface area contributed by atoms with E-state index in [1.54, 1.807) is 12.1 Å². The maximum absolute atomic E-state index is 11.8. The van der Waals surface area contributed by atoms with Gasteiger partial charge in [0, 0.05) is 5.56 Å². The number of benzene rings is 1. The molecule has 7 nitrogen and oxygen atoms in total. The van der Waals surface area contributed by atoms with Crippen LogP contribution in [-0.2, 0) is 4.74 Å². The van der Waals surface area contributed by atoms with E-state index in [0.29, 0.717) is 10.7 Å². The van der Waals surface area contributed by atoms with E-state index in [1.807, 2.05) is 0 Å². The molecule has 1 aromatic carbocycles. The van der Waals surface area contributed by atoms with Gasteiger partial charge in [0.1, 0.15) is 18.8 Å². The highest BCUT2D eigenvalue weighted by Crippen LogP contribution is 2.10. The molecule has 1 saturated heterocycles. The van der Waals surface area contributed by atoms with Gasteiger partial charge in [0.25, 0.3) is 5.91 Å². The first-order chi connectivity index (χ1) is 10.6. The molecule has 0 saturated carbocycles. The molecule has 1 aliphatic rings. The molecule has 1 aromatic rings. The van der Waals surface area contributed by atoms with E-state index < -0.39 is 0 Å². The monoisotopic (exact) mass is 325 g/mol. The molecule has 1 fully saturated rings. The summed E-state index contributed by atoms with van der Waals surface area (Å²) in [5.74, 6) is -0.319. The lowest BCUT2D eigenvalue weighted by Gasteiger charge is -2.24. The number of quaternary nitrogens is 1. The molecule has 0 atom stereocenters. The van der Waals surface area contributed by atoms with E-state index in [1.165, 1.54) is 17.0 Å². The Balaban J connectivity index is 1.63. The fraction of sp³-hybridized carbons (Fsp3) is 0.429. The number of thiocarbonyl (C=S) groups is 1. The SMILES string of the molecule is O=C(NNC(=S)NCC[NH+]1CCOCC1)c1cccc(O)c1. The van der Waals surface area contributed by atoms with Gasteiger partial charge in [0.2, 0.25) is 0 Å². The van der Waals surface area contributed by atoms with Crippen LogP contribution in [0.1, 0.15) is 10.4 Å². The molecule has 1 amide bonds. The highest BCUT2D eigenvalue weighted by Gasteiger charge is 2.13. The van der Waals surface area contributed by atoms with E-state index in [9.17, 15) is 9.90 Å². The Morgan fingerprint density at radius 1 is 1.32 bits per heavy atom. The number of ether oxygens (including phenoxy) is 1. The zero-order valence-electron chi connectivity index (χ0n) is 12.2. The van der Waals surface area contributed by atoms with Gasteiger partial charge >= 0.3 is 0 Å². The summed E-state index contributed by atoms with van der Waals surface area (Å²) >= 11 is 5.09. The molecule has 0 aliphatic carbocycles. The molecule has 8 heteroatoms. The van der Waals surface area contributed by atoms with E-state index >= 15 is 0 Å². The van der Waals surface area contributed by atoms with Gasteiger partial charge < -0.3 is 20.1 Å². The molecular formula is C14H21N4O3S+. The van der Waals surface area contributed by atoms with E-state index in [-0.39, 0.29) is 11.7 Å². The molecule has 1 heterocycles. The Kier molecular flexibility index (Phi) is 6.38. The minimum atomic E-state index is -0.362. The lowest BCUT2D eigenvalue weighted by molar-refractivity contribution is -0.906. The van der Waals surface area contributed by atoms with Crippen LogP contribution >= 0.6 is 12.2 Å². The summed E-state index contributed by atoms with van der Waals surface area (Å²) in [4.78, 5) is 13.3. The third kappa shape index (κ3) is 5.47. The summed E-state index contributed by atoms with van der Waals surface area (Å²) in [6.07, 6.45) is 0. The average molecular weight is 325 g/mol. The van der Waals surface area contributed by atoms with Crippen molar-refractivity contribution in [2.75, 3.05) is 39.4 Å². The number of carbonyl (C=O) groups is 1. The molecule has 0 radical (unpaired) electrons. The number of morpholine rings is 1. The molecule has 0 aromatic heterocycles. The number of nitrogens with one attached hydrogen (secondary N) is 4. The predicted molar refractivity (Wildman–Crippen MR) is 85.7 cm³/mol. The zero-order valence-corrected chi connectivity index (χ0v) is 13.0. The van der Waals surface area contributed by atoms with Gasteiger partial charge in [-0.1, -0.05) is 6.07 Å². The van der Waals surface area contributed by atoms with Crippen LogP contribution in [0.2, 0.25) is 0 Å². The lowest BCUT2D eigenvalue weighted by atomic mass is 10.2. The van der Waals surface area contributed by atoms with Gasteiger partial charge in [-0.15, -0.1) is 0 Å². The first-order valence-corrected chi connectivity index (χ1v) is 7.60. The molecule has 0 unspecified atom stereocenters. The minimum Gasteiger partial charge on any atom is -0.508 e. The smallest absolute Gasteiger partial charge is 0.269 e. The first-order valence-electron chi connectivity index (χ1n) is 7.19. The third-order valence-electron chi connectivity index (χ3n) is 3.36. The van der Waals surface area contributed by atoms with Crippen molar-refractivity contribution in [1.29, 1.82) is 0 Å². The van der Waals surface area contributed by atoms with Crippen LogP contribution in [0.3, 0.4) is 0 Å². The molecule has 0 bridgehead atoms. The molecule has 0 spiro atoms. The molecule has 1 aliphatic heterocycles. The molecule has 5 N–H and O–H groups in total. The van der Waals surface area contributed by atoms with Crippen molar-refractivity contribution < 1.29 is 19.5 Å². The Bertz CT molecular complexity index is 521. The van der Waals surface area contributed by atoms with Gasteiger partial charge in [-0.05, 0) is 30.4 Å². The Morgan fingerprint density at radius 2 is 2.09 bits per heavy atom. The minimum absolute atomic E-state index is 0.0434. The van der Waals surface area contributed by atoms with Gasteiger partial charge in [-0.3, -0.25) is 15.6 Å². The van der Waals surface area contributed by atoms with Crippen LogP contribution in [0.15, 0.2) is 24.3 Å². The second-order valence-corrected chi connectivity index (χ2v) is 5.41. The van der Waals surface area contributed by atoms with E-state index in [4.69, 9.17) is 17.0 Å². The standard InChI is InChI=1S/C14H20N4O3S/c19-12-3-1-2-11(10-12)13(20)16-17-14(22)15-4-5-18-6-8-21-9-7-18/h1-3,10,19H,4-9H2,(H,16,20)(H2,15,17,22)/p+1. The number of phenolic OH excluding ortho intramolecular Hbond substituents is 1. The Morgan fingerprint density at radius 3 is 2.82 bits per heavy atom. The highest BCUT2D eigenvalue weighted by molar-refractivity contribution is 7.80. The topological polar surface area (TPSA) is 87.1 Å². The van der Waals surface area contributed by atoms with Gasteiger partial charge in [-0.25, -0.2) is 0 Å². The van der Waals surface area contributed by atoms with E-state index in [0.717, 1.165) is 39.4 Å². The van der Waals surface area contributed by atoms with Crippen LogP contribution in [0.4, 0.5) is 0 Å². The van der Waals surface area contributed by atoms with Crippen molar-refractivity contribution in [3.05, 3.63) is 29.8 Å². The van der Waals surface area contributed by atoms with Crippen LogP contribution in [0, 0.1) is 0 Å². The highest BCUT2D eigenvalue weighted by atomic mass is 32.1. The number of aromatic hydroxyl groups is 1. The van der Waals surface area contributed by atoms with Gasteiger partial charge in [-0.2, -0.15) is 0 Å². The van der Waals surface area contributed by atoms with Crippen LogP contribution in [0.5, 0.6) is 5.75 Å². The largest absolute Gasteiger partial charge is 0.508 e. The summed E-state index contributed by atoms with van der Waals surface area (Å²) in [6, 6.07) is 6.10. The second kappa shape index (κ2) is 8.52. The Labute approximate surface area is 134 Å². The van der Waals surface area contributed by atoms with Crippen molar-refractivity contribution >= 4 is 23.2 Å². The number of hydrogen-bond donors (Lipinski definition) is 5. The molecule has 22 heavy (non-hydrogen) atoms. The maximum atomic E-state index is 11.8. The summed E-state index contributed by atoms with van der Waals surface area (Å²) in [7, 11) is 0. The van der Waals surface area contributed by atoms with Gasteiger partial charge in [0.15, 0.2) is 5.11 Å². The number of hydrogen-bond acceptors (Lipinski definition) is 4. The summed E-state index contributed by atoms with van der Waals surface area (Å²) in [5, 5.41) is 12.7. The van der Waals surface area contributed by atoms with Crippen molar-refractivity contribution in [2.24, 2.45) is 0 Å². The third-order valence-corrected chi connectivity index (χ3v) is 3.61. The summed E-state index contributed by atoms with van der Waals surface area (Å²) in [5.41, 5.74) is 5.48. The Hall–Kier alpha value is -1.90. The van der Waals surface area contributed by atoms with Crippen LogP contribution in [0.25, 0.3) is 0 Å². The van der Waals surface area contributed by atoms with Crippen molar-refractivity contribution in [3.63, 3.8) is 0 Å². The fourth-order valence-electron chi connectivity index (χ4n) is 2.14. The number of amides is 1. The number of hydrazine groups is 1. The quantitative estimate of drug-likeness (QED) is 0.339. The van der Waals surface area contributed by atoms with Crippen LogP contribution < -0.4 is 21.1 Å². The maximum Gasteiger partial charge on any atom is 0.269 e. The zero-order chi connectivity index (χ0) is 15.8. The van der Waals surface area contributed by atoms with Crippen molar-refractivity contribution in [3.8, 4) is 5.75 Å². The van der Waals surface area contributed by atoms with Crippen molar-refractivity contribution in [1.82, 2.24) is 16.2 Å². The van der Waals surface area contributed by atoms with Crippen LogP contribution in [-0.4, -0.2) is 55.5 Å². The predicted octanol–water partition coefficient (Wildman–Crippen LogP) is -1.58. The van der Waals surface area contributed by atoms with E-state index in [2.05, 4.69) is 16.2 Å². The average Bonchev–Trinajstić information content (AvgIpc) is 2.53. The fourth-order valence-corrected chi connectivity index (χ4v) is 2.29. The first kappa shape index (κ1) is 16.5. The molecule has 2 rings (SSSR count). The van der Waals surface area contributed by atoms with Crippen molar-refractivity contribution in [2.45, 2.75) is 0 Å². The second-order valence-electron chi connectivity index (χ2n) is 5.00. The number of carbonyl (C=O) groups excluding carboxylic acids is 1. The normalized spacial score (nSPS) is 15.1. The number of rotatable bonds is 4. The number of phenols is 1. The molecular weight excluding hydrogens is 304 g/mol. The molecule has 120 valence electrons. The summed E-state index contributed by atoms with van der Waals surface area (Å²) < 4.78 is 5.30. The van der Waals surface area contributed by atoms with Gasteiger partial charge in [0.05, 0.1) is 26.3 Å².